The summed E-state index contributed by atoms with van der Waals surface area (Å²) < 4.78 is 30.6. The van der Waals surface area contributed by atoms with Gasteiger partial charge in [-0.15, -0.1) is 0 Å². The molecular weight excluding hydrogens is 403 g/mol. The van der Waals surface area contributed by atoms with Gasteiger partial charge in [0.15, 0.2) is 0 Å². The van der Waals surface area contributed by atoms with Crippen LogP contribution in [0.5, 0.6) is 5.75 Å². The molecule has 2 saturated heterocycles. The molecule has 8 heteroatoms. The minimum atomic E-state index is -1.11. The van der Waals surface area contributed by atoms with Gasteiger partial charge in [-0.2, -0.15) is 0 Å². The fourth-order valence-electron chi connectivity index (χ4n) is 3.98. The Morgan fingerprint density at radius 2 is 1.61 bits per heavy atom. The fourth-order valence-corrected chi connectivity index (χ4v) is 3.98. The largest absolute Gasteiger partial charge is 0.496 e. The van der Waals surface area contributed by atoms with E-state index >= 15 is 0 Å². The van der Waals surface area contributed by atoms with Crippen LogP contribution in [0.3, 0.4) is 0 Å². The summed E-state index contributed by atoms with van der Waals surface area (Å²) in [5, 5.41) is 0. The lowest BCUT2D eigenvalue weighted by Crippen LogP contribution is -2.59. The van der Waals surface area contributed by atoms with Crippen molar-refractivity contribution in [2.75, 3.05) is 46.5 Å². The summed E-state index contributed by atoms with van der Waals surface area (Å²) in [4.78, 5) is 29.5. The molecule has 0 aromatic heterocycles. The second-order valence-electron chi connectivity index (χ2n) is 7.62. The molecule has 1 atom stereocenters. The van der Waals surface area contributed by atoms with Gasteiger partial charge < -0.3 is 24.0 Å². The molecule has 2 heterocycles. The van der Waals surface area contributed by atoms with E-state index in [-0.39, 0.29) is 24.9 Å². The lowest BCUT2D eigenvalue weighted by molar-refractivity contribution is -0.258. The molecule has 2 amide bonds. The Morgan fingerprint density at radius 1 is 0.935 bits per heavy atom. The van der Waals surface area contributed by atoms with Crippen LogP contribution >= 0.6 is 0 Å². The molecule has 1 spiro atoms. The van der Waals surface area contributed by atoms with Crippen LogP contribution in [0.1, 0.15) is 27.1 Å². The van der Waals surface area contributed by atoms with Crippen LogP contribution < -0.4 is 4.74 Å². The zero-order valence-electron chi connectivity index (χ0n) is 17.4. The Bertz CT molecular complexity index is 951. The van der Waals surface area contributed by atoms with E-state index in [1.54, 1.807) is 28.0 Å². The first kappa shape index (κ1) is 21.3. The number of carbonyl (C=O) groups excluding carboxylic acids is 2. The molecule has 2 aliphatic rings. The average Bonchev–Trinajstić information content (AvgIpc) is 3.01. The lowest BCUT2D eigenvalue weighted by Gasteiger charge is -2.43. The zero-order valence-corrected chi connectivity index (χ0v) is 17.4. The van der Waals surface area contributed by atoms with Crippen molar-refractivity contribution >= 4 is 11.8 Å². The van der Waals surface area contributed by atoms with Crippen molar-refractivity contribution in [3.8, 4) is 5.75 Å². The third kappa shape index (κ3) is 4.55. The SMILES string of the molecule is COc1ccccc1C(=O)N1CCOC2(CN(C(=O)c3ccc(F)cc3)CCCO2)C1. The predicted molar refractivity (Wildman–Crippen MR) is 110 cm³/mol. The van der Waals surface area contributed by atoms with Crippen molar-refractivity contribution in [3.63, 3.8) is 0 Å². The van der Waals surface area contributed by atoms with Crippen LogP contribution in [-0.2, 0) is 9.47 Å². The highest BCUT2D eigenvalue weighted by atomic mass is 19.1. The van der Waals surface area contributed by atoms with Crippen LogP contribution in [0.2, 0.25) is 0 Å². The van der Waals surface area contributed by atoms with E-state index in [4.69, 9.17) is 14.2 Å². The average molecular weight is 428 g/mol. The smallest absolute Gasteiger partial charge is 0.257 e. The Balaban J connectivity index is 1.53. The van der Waals surface area contributed by atoms with Crippen molar-refractivity contribution in [2.24, 2.45) is 0 Å². The van der Waals surface area contributed by atoms with Crippen LogP contribution in [-0.4, -0.2) is 73.9 Å². The maximum absolute atomic E-state index is 13.2. The summed E-state index contributed by atoms with van der Waals surface area (Å²) in [7, 11) is 1.53. The summed E-state index contributed by atoms with van der Waals surface area (Å²) in [5.41, 5.74) is 0.867. The number of benzene rings is 2. The molecule has 2 fully saturated rings. The van der Waals surface area contributed by atoms with E-state index in [0.717, 1.165) is 0 Å². The van der Waals surface area contributed by atoms with E-state index in [1.165, 1.54) is 31.4 Å². The van der Waals surface area contributed by atoms with Crippen molar-refractivity contribution in [3.05, 3.63) is 65.5 Å². The molecule has 31 heavy (non-hydrogen) atoms. The fraction of sp³-hybridized carbons (Fsp3) is 0.391. The molecule has 1 unspecified atom stereocenters. The third-order valence-corrected chi connectivity index (χ3v) is 5.53. The van der Waals surface area contributed by atoms with Crippen LogP contribution in [0.4, 0.5) is 4.39 Å². The summed E-state index contributed by atoms with van der Waals surface area (Å²) in [6.07, 6.45) is 0.637. The predicted octanol–water partition coefficient (Wildman–Crippen LogP) is 2.57. The molecule has 0 saturated carbocycles. The van der Waals surface area contributed by atoms with Gasteiger partial charge in [0, 0.05) is 18.7 Å². The summed E-state index contributed by atoms with van der Waals surface area (Å²) in [5.74, 6) is -1.40. The number of methoxy groups -OCH3 is 1. The molecule has 0 radical (unpaired) electrons. The first-order chi connectivity index (χ1) is 15.0. The van der Waals surface area contributed by atoms with E-state index in [9.17, 15) is 14.0 Å². The molecule has 0 N–H and O–H groups in total. The molecule has 2 aliphatic heterocycles. The number of nitrogens with zero attached hydrogens (tertiary/aromatic N) is 2. The molecule has 0 bridgehead atoms. The van der Waals surface area contributed by atoms with E-state index in [0.29, 0.717) is 49.6 Å². The van der Waals surface area contributed by atoms with Crippen LogP contribution in [0.15, 0.2) is 48.5 Å². The van der Waals surface area contributed by atoms with Gasteiger partial charge in [-0.25, -0.2) is 4.39 Å². The van der Waals surface area contributed by atoms with E-state index < -0.39 is 11.6 Å². The topological polar surface area (TPSA) is 68.3 Å². The van der Waals surface area contributed by atoms with Gasteiger partial charge in [-0.3, -0.25) is 9.59 Å². The van der Waals surface area contributed by atoms with Crippen molar-refractivity contribution in [1.29, 1.82) is 0 Å². The lowest BCUT2D eigenvalue weighted by atomic mass is 10.1. The summed E-state index contributed by atoms with van der Waals surface area (Å²) in [6, 6.07) is 12.5. The second-order valence-corrected chi connectivity index (χ2v) is 7.62. The number of hydrogen-bond acceptors (Lipinski definition) is 5. The number of rotatable bonds is 3. The minimum Gasteiger partial charge on any atom is -0.496 e. The van der Waals surface area contributed by atoms with Gasteiger partial charge in [0.05, 0.1) is 39.0 Å². The first-order valence-electron chi connectivity index (χ1n) is 10.3. The summed E-state index contributed by atoms with van der Waals surface area (Å²) >= 11 is 0. The second kappa shape index (κ2) is 9.03. The van der Waals surface area contributed by atoms with Gasteiger partial charge >= 0.3 is 0 Å². The molecular formula is C23H25FN2O5. The van der Waals surface area contributed by atoms with Crippen LogP contribution in [0.25, 0.3) is 0 Å². The molecule has 2 aromatic rings. The summed E-state index contributed by atoms with van der Waals surface area (Å²) in [6.45, 7) is 1.97. The van der Waals surface area contributed by atoms with E-state index in [2.05, 4.69) is 0 Å². The highest BCUT2D eigenvalue weighted by Crippen LogP contribution is 2.28. The van der Waals surface area contributed by atoms with Crippen molar-refractivity contribution < 1.29 is 28.2 Å². The Labute approximate surface area is 180 Å². The highest BCUT2D eigenvalue weighted by Gasteiger charge is 2.43. The van der Waals surface area contributed by atoms with Gasteiger partial charge in [0.1, 0.15) is 11.6 Å². The van der Waals surface area contributed by atoms with Gasteiger partial charge in [-0.05, 0) is 42.8 Å². The maximum Gasteiger partial charge on any atom is 0.257 e. The number of para-hydroxylation sites is 1. The molecule has 164 valence electrons. The quantitative estimate of drug-likeness (QED) is 0.752. The molecule has 0 aliphatic carbocycles. The normalized spacial score (nSPS) is 21.6. The number of carbonyl (C=O) groups is 2. The van der Waals surface area contributed by atoms with Gasteiger partial charge in [0.25, 0.3) is 11.8 Å². The first-order valence-corrected chi connectivity index (χ1v) is 10.3. The van der Waals surface area contributed by atoms with Crippen molar-refractivity contribution in [1.82, 2.24) is 9.80 Å². The van der Waals surface area contributed by atoms with Gasteiger partial charge in [-0.1, -0.05) is 12.1 Å². The molecule has 7 nitrogen and oxygen atoms in total. The van der Waals surface area contributed by atoms with Crippen molar-refractivity contribution in [2.45, 2.75) is 12.2 Å². The Kier molecular flexibility index (Phi) is 6.20. The minimum absolute atomic E-state index is 0.176. The number of morpholine rings is 1. The molecule has 2 aromatic carbocycles. The monoisotopic (exact) mass is 428 g/mol. The zero-order chi connectivity index (χ0) is 21.8. The number of halogens is 1. The van der Waals surface area contributed by atoms with Crippen LogP contribution in [0, 0.1) is 5.82 Å². The Morgan fingerprint density at radius 3 is 2.35 bits per heavy atom. The standard InChI is InChI=1S/C23H25FN2O5/c1-29-20-6-3-2-5-19(20)22(28)26-12-14-31-23(16-26)15-25(11-4-13-30-23)21(27)17-7-9-18(24)10-8-17/h2-3,5-10H,4,11-16H2,1H3. The third-order valence-electron chi connectivity index (χ3n) is 5.53. The number of amides is 2. The number of hydrogen-bond donors (Lipinski definition) is 0. The van der Waals surface area contributed by atoms with Gasteiger partial charge in [0.2, 0.25) is 5.79 Å². The van der Waals surface area contributed by atoms with E-state index in [1.807, 2.05) is 6.07 Å². The maximum atomic E-state index is 13.2. The molecule has 4 rings (SSSR count). The highest BCUT2D eigenvalue weighted by molar-refractivity contribution is 5.97. The number of ether oxygens (including phenoxy) is 3. The Hall–Kier alpha value is -2.97.